The van der Waals surface area contributed by atoms with Crippen molar-refractivity contribution in [3.63, 3.8) is 0 Å². The van der Waals surface area contributed by atoms with Crippen LogP contribution < -0.4 is 15.0 Å². The number of non-ortho nitro benzene ring substituents is 1. The Morgan fingerprint density at radius 2 is 1.75 bits per heavy atom. The van der Waals surface area contributed by atoms with Crippen molar-refractivity contribution in [3.8, 4) is 11.4 Å². The number of barbiturate groups is 1. The van der Waals surface area contributed by atoms with Crippen LogP contribution in [0.4, 0.5) is 16.2 Å². The number of anilines is 1. The van der Waals surface area contributed by atoms with Gasteiger partial charge in [0.1, 0.15) is 11.3 Å². The number of urea groups is 1. The Morgan fingerprint density at radius 3 is 2.36 bits per heavy atom. The lowest BCUT2D eigenvalue weighted by atomic mass is 10.1. The molecule has 1 aliphatic heterocycles. The molecule has 2 heterocycles. The molecule has 2 aromatic carbocycles. The number of imide groups is 2. The highest BCUT2D eigenvalue weighted by Gasteiger charge is 2.37. The molecule has 0 radical (unpaired) electrons. The molecule has 0 aliphatic carbocycles. The number of nitro benzene ring substituents is 1. The van der Waals surface area contributed by atoms with Gasteiger partial charge in [0.15, 0.2) is 0 Å². The average Bonchev–Trinajstić information content (AvgIpc) is 3.13. The molecule has 3 aromatic rings. The number of carbonyl (C=O) groups excluding carboxylic acids is 3. The third-order valence-electron chi connectivity index (χ3n) is 6.09. The Hall–Kier alpha value is -4.73. The first-order valence-electron chi connectivity index (χ1n) is 11.2. The SMILES string of the molecule is CCc1ccc(N2C(=O)NC(=O)/C(=C/c3cc(C)n(-c4cc([N+](=O)[O-])ccc4OC)c3C)C2=O)cc1. The normalized spacial score (nSPS) is 14.8. The highest BCUT2D eigenvalue weighted by atomic mass is 16.6. The summed E-state index contributed by atoms with van der Waals surface area (Å²) in [5.41, 5.74) is 3.37. The molecule has 184 valence electrons. The summed E-state index contributed by atoms with van der Waals surface area (Å²) >= 11 is 0. The Balaban J connectivity index is 1.78. The highest BCUT2D eigenvalue weighted by molar-refractivity contribution is 6.39. The quantitative estimate of drug-likeness (QED) is 0.240. The van der Waals surface area contributed by atoms with Crippen molar-refractivity contribution < 1.29 is 24.0 Å². The smallest absolute Gasteiger partial charge is 0.335 e. The number of aromatic nitrogens is 1. The number of carbonyl (C=O) groups is 3. The fourth-order valence-electron chi connectivity index (χ4n) is 4.20. The zero-order chi connectivity index (χ0) is 26.1. The van der Waals surface area contributed by atoms with Gasteiger partial charge in [0.05, 0.1) is 23.4 Å². The van der Waals surface area contributed by atoms with Crippen LogP contribution >= 0.6 is 0 Å². The van der Waals surface area contributed by atoms with E-state index in [1.54, 1.807) is 36.6 Å². The first kappa shape index (κ1) is 24.4. The maximum atomic E-state index is 13.3. The van der Waals surface area contributed by atoms with Crippen LogP contribution in [0.3, 0.4) is 0 Å². The van der Waals surface area contributed by atoms with E-state index in [0.717, 1.165) is 16.9 Å². The number of nitro groups is 1. The van der Waals surface area contributed by atoms with Gasteiger partial charge < -0.3 is 9.30 Å². The lowest BCUT2D eigenvalue weighted by Gasteiger charge is -2.26. The number of nitrogens with one attached hydrogen (secondary N) is 1. The van der Waals surface area contributed by atoms with E-state index in [1.165, 1.54) is 31.4 Å². The number of amides is 4. The molecular weight excluding hydrogens is 464 g/mol. The van der Waals surface area contributed by atoms with Crippen molar-refractivity contribution in [1.82, 2.24) is 9.88 Å². The molecule has 0 atom stereocenters. The Labute approximate surface area is 206 Å². The molecule has 36 heavy (non-hydrogen) atoms. The van der Waals surface area contributed by atoms with Crippen molar-refractivity contribution in [2.45, 2.75) is 27.2 Å². The van der Waals surface area contributed by atoms with E-state index in [4.69, 9.17) is 4.74 Å². The van der Waals surface area contributed by atoms with Crippen molar-refractivity contribution >= 4 is 35.3 Å². The molecule has 4 rings (SSSR count). The van der Waals surface area contributed by atoms with Gasteiger partial charge in [0, 0.05) is 23.5 Å². The first-order valence-corrected chi connectivity index (χ1v) is 11.2. The van der Waals surface area contributed by atoms with Gasteiger partial charge in [-0.2, -0.15) is 0 Å². The Kier molecular flexibility index (Phi) is 6.43. The molecule has 0 unspecified atom stereocenters. The van der Waals surface area contributed by atoms with Crippen LogP contribution in [0, 0.1) is 24.0 Å². The van der Waals surface area contributed by atoms with Crippen LogP contribution in [-0.2, 0) is 16.0 Å². The van der Waals surface area contributed by atoms with E-state index in [1.807, 2.05) is 19.1 Å². The van der Waals surface area contributed by atoms with E-state index in [-0.39, 0.29) is 11.3 Å². The molecule has 1 saturated heterocycles. The number of nitrogens with zero attached hydrogens (tertiary/aromatic N) is 3. The Bertz CT molecular complexity index is 1440. The van der Waals surface area contributed by atoms with Crippen LogP contribution in [0.2, 0.25) is 0 Å². The summed E-state index contributed by atoms with van der Waals surface area (Å²) in [5.74, 6) is -1.13. The summed E-state index contributed by atoms with van der Waals surface area (Å²) < 4.78 is 7.15. The second-order valence-corrected chi connectivity index (χ2v) is 8.25. The van der Waals surface area contributed by atoms with Crippen molar-refractivity contribution in [3.05, 3.63) is 86.7 Å². The molecule has 1 N–H and O–H groups in total. The fourth-order valence-corrected chi connectivity index (χ4v) is 4.20. The fraction of sp³-hybridized carbons (Fsp3) is 0.192. The number of methoxy groups -OCH3 is 1. The summed E-state index contributed by atoms with van der Waals surface area (Å²) in [6.45, 7) is 5.55. The van der Waals surface area contributed by atoms with Gasteiger partial charge in [0.2, 0.25) is 0 Å². The second-order valence-electron chi connectivity index (χ2n) is 8.25. The van der Waals surface area contributed by atoms with Gasteiger partial charge in [-0.3, -0.25) is 25.0 Å². The number of ether oxygens (including phenoxy) is 1. The molecule has 10 nitrogen and oxygen atoms in total. The zero-order valence-corrected chi connectivity index (χ0v) is 20.2. The summed E-state index contributed by atoms with van der Waals surface area (Å²) in [5, 5.41) is 13.6. The highest BCUT2D eigenvalue weighted by Crippen LogP contribution is 2.32. The predicted molar refractivity (Wildman–Crippen MR) is 133 cm³/mol. The number of hydrogen-bond donors (Lipinski definition) is 1. The minimum absolute atomic E-state index is 0.108. The molecule has 4 amide bonds. The molecule has 10 heteroatoms. The van der Waals surface area contributed by atoms with E-state index >= 15 is 0 Å². The molecule has 1 fully saturated rings. The topological polar surface area (TPSA) is 124 Å². The molecular formula is C26H24N4O6. The van der Waals surface area contributed by atoms with E-state index in [0.29, 0.717) is 34.1 Å². The van der Waals surface area contributed by atoms with Crippen LogP contribution in [0.15, 0.2) is 54.1 Å². The number of hydrogen-bond acceptors (Lipinski definition) is 6. The lowest BCUT2D eigenvalue weighted by molar-refractivity contribution is -0.384. The minimum Gasteiger partial charge on any atom is -0.495 e. The largest absolute Gasteiger partial charge is 0.495 e. The van der Waals surface area contributed by atoms with Gasteiger partial charge in [0.25, 0.3) is 17.5 Å². The summed E-state index contributed by atoms with van der Waals surface area (Å²) in [4.78, 5) is 50.2. The monoisotopic (exact) mass is 488 g/mol. The standard InChI is InChI=1S/C26H24N4O6/c1-5-17-6-8-19(9-7-17)29-25(32)21(24(31)27-26(29)33)13-18-12-15(2)28(16(18)3)22-14-20(30(34)35)10-11-23(22)36-4/h6-14H,5H2,1-4H3,(H,27,31,33)/b21-13-. The van der Waals surface area contributed by atoms with Crippen LogP contribution in [0.25, 0.3) is 11.8 Å². The van der Waals surface area contributed by atoms with E-state index < -0.39 is 22.8 Å². The predicted octanol–water partition coefficient (Wildman–Crippen LogP) is 4.24. The second kappa shape index (κ2) is 9.49. The molecule has 0 bridgehead atoms. The van der Waals surface area contributed by atoms with E-state index in [2.05, 4.69) is 5.32 Å². The third kappa shape index (κ3) is 4.24. The maximum Gasteiger partial charge on any atom is 0.335 e. The van der Waals surface area contributed by atoms with Gasteiger partial charge >= 0.3 is 6.03 Å². The molecule has 0 spiro atoms. The van der Waals surface area contributed by atoms with Crippen LogP contribution in [0.1, 0.15) is 29.4 Å². The van der Waals surface area contributed by atoms with Gasteiger partial charge in [-0.1, -0.05) is 19.1 Å². The molecule has 0 saturated carbocycles. The molecule has 1 aliphatic rings. The number of benzene rings is 2. The Morgan fingerprint density at radius 1 is 1.06 bits per heavy atom. The lowest BCUT2D eigenvalue weighted by Crippen LogP contribution is -2.54. The van der Waals surface area contributed by atoms with Crippen LogP contribution in [0.5, 0.6) is 5.75 Å². The summed E-state index contributed by atoms with van der Waals surface area (Å²) in [7, 11) is 1.46. The van der Waals surface area contributed by atoms with E-state index in [9.17, 15) is 24.5 Å². The maximum absolute atomic E-state index is 13.3. The average molecular weight is 489 g/mol. The van der Waals surface area contributed by atoms with Crippen molar-refractivity contribution in [1.29, 1.82) is 0 Å². The minimum atomic E-state index is -0.821. The van der Waals surface area contributed by atoms with Gasteiger partial charge in [-0.05, 0) is 61.7 Å². The summed E-state index contributed by atoms with van der Waals surface area (Å²) in [6, 6.07) is 12.1. The third-order valence-corrected chi connectivity index (χ3v) is 6.09. The first-order chi connectivity index (χ1) is 17.2. The zero-order valence-electron chi connectivity index (χ0n) is 20.2. The van der Waals surface area contributed by atoms with Gasteiger partial charge in [-0.15, -0.1) is 0 Å². The molecule has 1 aromatic heterocycles. The van der Waals surface area contributed by atoms with Crippen molar-refractivity contribution in [2.24, 2.45) is 0 Å². The van der Waals surface area contributed by atoms with Crippen LogP contribution in [-0.4, -0.2) is 34.4 Å². The van der Waals surface area contributed by atoms with Gasteiger partial charge in [-0.25, -0.2) is 9.69 Å². The number of aryl methyl sites for hydroxylation is 2. The number of rotatable bonds is 6. The van der Waals surface area contributed by atoms with Crippen molar-refractivity contribution in [2.75, 3.05) is 12.0 Å². The summed E-state index contributed by atoms with van der Waals surface area (Å²) in [6.07, 6.45) is 2.22.